The number of rotatable bonds is 6. The number of hydrogen-bond acceptors (Lipinski definition) is 6. The summed E-state index contributed by atoms with van der Waals surface area (Å²) in [6.07, 6.45) is 5.33. The minimum atomic E-state index is -0.567. The summed E-state index contributed by atoms with van der Waals surface area (Å²) in [4.78, 5) is 38.9. The summed E-state index contributed by atoms with van der Waals surface area (Å²) in [7, 11) is 1.43. The van der Waals surface area contributed by atoms with Crippen LogP contribution in [0, 0.1) is 5.92 Å². The van der Waals surface area contributed by atoms with Gasteiger partial charge in [-0.25, -0.2) is 19.7 Å². The molecule has 1 aromatic carbocycles. The third-order valence-electron chi connectivity index (χ3n) is 5.81. The average Bonchev–Trinajstić information content (AvgIpc) is 3.18. The van der Waals surface area contributed by atoms with Crippen LogP contribution < -0.4 is 15.4 Å². The van der Waals surface area contributed by atoms with Gasteiger partial charge in [-0.05, 0) is 36.6 Å². The summed E-state index contributed by atoms with van der Waals surface area (Å²) < 4.78 is 5.27. The summed E-state index contributed by atoms with van der Waals surface area (Å²) in [5, 5.41) is 6.10. The van der Waals surface area contributed by atoms with Crippen molar-refractivity contribution >= 4 is 46.4 Å². The SMILES string of the molecule is COc1ncc(C(=O)C2CC(C(C)C)c3ncncc32)cc1NC(=O)Nc1cc(Cl)cc(Cl)c1. The third-order valence-corrected chi connectivity index (χ3v) is 6.24. The van der Waals surface area contributed by atoms with Gasteiger partial charge in [0.2, 0.25) is 5.88 Å². The first-order valence-corrected chi connectivity index (χ1v) is 11.4. The Hall–Kier alpha value is -3.23. The van der Waals surface area contributed by atoms with Crippen LogP contribution >= 0.6 is 23.2 Å². The lowest BCUT2D eigenvalue weighted by atomic mass is 9.89. The number of carbonyl (C=O) groups is 2. The molecule has 176 valence electrons. The van der Waals surface area contributed by atoms with E-state index in [0.717, 1.165) is 11.3 Å². The molecule has 0 saturated heterocycles. The molecule has 2 aromatic heterocycles. The van der Waals surface area contributed by atoms with E-state index in [1.165, 1.54) is 19.6 Å². The molecular formula is C24H23Cl2N5O3. The normalized spacial score (nSPS) is 16.8. The summed E-state index contributed by atoms with van der Waals surface area (Å²) in [5.74, 6) is 0.187. The third kappa shape index (κ3) is 4.98. The molecule has 34 heavy (non-hydrogen) atoms. The fourth-order valence-electron chi connectivity index (χ4n) is 4.21. The molecule has 2 atom stereocenters. The van der Waals surface area contributed by atoms with Crippen molar-refractivity contribution in [1.82, 2.24) is 15.0 Å². The number of benzene rings is 1. The van der Waals surface area contributed by atoms with Crippen LogP contribution in [-0.4, -0.2) is 33.9 Å². The lowest BCUT2D eigenvalue weighted by Gasteiger charge is -2.15. The number of amides is 2. The fourth-order valence-corrected chi connectivity index (χ4v) is 4.73. The zero-order chi connectivity index (χ0) is 24.4. The molecular weight excluding hydrogens is 477 g/mol. The topological polar surface area (TPSA) is 106 Å². The standard InChI is InChI=1S/C24H23Cl2N5O3/c1-12(2)17-8-18(19-10-27-11-29-21(17)19)22(32)13-4-20(23(34-3)28-9-13)31-24(33)30-16-6-14(25)5-15(26)7-16/h4-7,9-12,17-18H,8H2,1-3H3,(H2,30,31,33). The van der Waals surface area contributed by atoms with E-state index in [-0.39, 0.29) is 29.2 Å². The second-order valence-corrected chi connectivity index (χ2v) is 9.26. The minimum Gasteiger partial charge on any atom is -0.480 e. The number of pyridine rings is 1. The van der Waals surface area contributed by atoms with Gasteiger partial charge in [0.25, 0.3) is 0 Å². The largest absolute Gasteiger partial charge is 0.480 e. The van der Waals surface area contributed by atoms with Crippen molar-refractivity contribution in [2.75, 3.05) is 17.7 Å². The predicted molar refractivity (Wildman–Crippen MR) is 131 cm³/mol. The number of anilines is 2. The Kier molecular flexibility index (Phi) is 7.00. The van der Waals surface area contributed by atoms with Crippen LogP contribution in [0.3, 0.4) is 0 Å². The lowest BCUT2D eigenvalue weighted by molar-refractivity contribution is 0.0955. The summed E-state index contributed by atoms with van der Waals surface area (Å²) in [5.41, 5.74) is 2.78. The first-order valence-electron chi connectivity index (χ1n) is 10.7. The van der Waals surface area contributed by atoms with E-state index in [9.17, 15) is 9.59 Å². The van der Waals surface area contributed by atoms with Crippen molar-refractivity contribution in [2.45, 2.75) is 32.1 Å². The molecule has 0 bridgehead atoms. The molecule has 2 N–H and O–H groups in total. The van der Waals surface area contributed by atoms with E-state index >= 15 is 0 Å². The molecule has 0 fully saturated rings. The van der Waals surface area contributed by atoms with Gasteiger partial charge in [-0.15, -0.1) is 0 Å². The van der Waals surface area contributed by atoms with Crippen molar-refractivity contribution in [3.05, 3.63) is 69.9 Å². The quantitative estimate of drug-likeness (QED) is 0.406. The number of carbonyl (C=O) groups excluding carboxylic acids is 2. The van der Waals surface area contributed by atoms with Crippen LogP contribution in [0.15, 0.2) is 43.0 Å². The zero-order valence-electron chi connectivity index (χ0n) is 18.8. The first-order chi connectivity index (χ1) is 16.3. The van der Waals surface area contributed by atoms with Gasteiger partial charge in [0, 0.05) is 45.2 Å². The van der Waals surface area contributed by atoms with E-state index in [1.54, 1.807) is 30.5 Å². The van der Waals surface area contributed by atoms with Crippen molar-refractivity contribution < 1.29 is 14.3 Å². The molecule has 4 rings (SSSR count). The molecule has 1 aliphatic carbocycles. The Labute approximate surface area is 207 Å². The number of halogens is 2. The van der Waals surface area contributed by atoms with E-state index in [2.05, 4.69) is 39.4 Å². The van der Waals surface area contributed by atoms with Crippen LogP contribution in [0.25, 0.3) is 0 Å². The van der Waals surface area contributed by atoms with Crippen molar-refractivity contribution in [3.8, 4) is 5.88 Å². The van der Waals surface area contributed by atoms with Crippen LogP contribution in [0.2, 0.25) is 10.0 Å². The van der Waals surface area contributed by atoms with Gasteiger partial charge in [0.15, 0.2) is 5.78 Å². The second-order valence-electron chi connectivity index (χ2n) is 8.38. The molecule has 0 radical (unpaired) electrons. The smallest absolute Gasteiger partial charge is 0.323 e. The van der Waals surface area contributed by atoms with Gasteiger partial charge in [0.05, 0.1) is 18.7 Å². The highest BCUT2D eigenvalue weighted by Gasteiger charge is 2.38. The molecule has 10 heteroatoms. The number of ketones is 1. The lowest BCUT2D eigenvalue weighted by Crippen LogP contribution is -2.21. The van der Waals surface area contributed by atoms with Crippen LogP contribution in [-0.2, 0) is 0 Å². The summed E-state index contributed by atoms with van der Waals surface area (Å²) >= 11 is 12.0. The van der Waals surface area contributed by atoms with E-state index in [0.29, 0.717) is 33.6 Å². The minimum absolute atomic E-state index is 0.112. The average molecular weight is 500 g/mol. The van der Waals surface area contributed by atoms with Crippen molar-refractivity contribution in [2.24, 2.45) is 5.92 Å². The summed E-state index contributed by atoms with van der Waals surface area (Å²) in [6.45, 7) is 4.23. The van der Waals surface area contributed by atoms with Gasteiger partial charge in [-0.2, -0.15) is 0 Å². The van der Waals surface area contributed by atoms with Gasteiger partial charge in [-0.3, -0.25) is 4.79 Å². The monoisotopic (exact) mass is 499 g/mol. The fraction of sp³-hybridized carbons (Fsp3) is 0.292. The summed E-state index contributed by atoms with van der Waals surface area (Å²) in [6, 6.07) is 5.68. The predicted octanol–water partition coefficient (Wildman–Crippen LogP) is 5.94. The maximum atomic E-state index is 13.5. The van der Waals surface area contributed by atoms with Gasteiger partial charge in [-0.1, -0.05) is 37.0 Å². The maximum Gasteiger partial charge on any atom is 0.323 e. The Bertz CT molecular complexity index is 1230. The number of hydrogen-bond donors (Lipinski definition) is 2. The number of Topliss-reactive ketones (excluding diaryl/α,β-unsaturated/α-hetero) is 1. The van der Waals surface area contributed by atoms with E-state index in [1.807, 2.05) is 0 Å². The number of nitrogens with one attached hydrogen (secondary N) is 2. The molecule has 2 amide bonds. The number of nitrogens with zero attached hydrogens (tertiary/aromatic N) is 3. The van der Waals surface area contributed by atoms with E-state index < -0.39 is 6.03 Å². The zero-order valence-corrected chi connectivity index (χ0v) is 20.3. The second kappa shape index (κ2) is 9.95. The van der Waals surface area contributed by atoms with Crippen LogP contribution in [0.1, 0.15) is 53.7 Å². The molecule has 1 aliphatic rings. The molecule has 0 spiro atoms. The van der Waals surface area contributed by atoms with Gasteiger partial charge >= 0.3 is 6.03 Å². The highest BCUT2D eigenvalue weighted by atomic mass is 35.5. The highest BCUT2D eigenvalue weighted by Crippen LogP contribution is 2.45. The molecule has 2 heterocycles. The molecule has 0 aliphatic heterocycles. The number of fused-ring (bicyclic) bond motifs is 1. The maximum absolute atomic E-state index is 13.5. The van der Waals surface area contributed by atoms with E-state index in [4.69, 9.17) is 27.9 Å². The number of methoxy groups -OCH3 is 1. The Morgan fingerprint density at radius 2 is 1.79 bits per heavy atom. The van der Waals surface area contributed by atoms with Crippen molar-refractivity contribution in [3.63, 3.8) is 0 Å². The Morgan fingerprint density at radius 3 is 2.47 bits per heavy atom. The Balaban J connectivity index is 1.58. The van der Waals surface area contributed by atoms with Gasteiger partial charge in [0.1, 0.15) is 12.0 Å². The number of ether oxygens (including phenoxy) is 1. The van der Waals surface area contributed by atoms with Crippen LogP contribution in [0.4, 0.5) is 16.2 Å². The Morgan fingerprint density at radius 1 is 1.06 bits per heavy atom. The number of urea groups is 1. The molecule has 3 aromatic rings. The molecule has 8 nitrogen and oxygen atoms in total. The van der Waals surface area contributed by atoms with Gasteiger partial charge < -0.3 is 15.4 Å². The number of aromatic nitrogens is 3. The van der Waals surface area contributed by atoms with Crippen molar-refractivity contribution in [1.29, 1.82) is 0 Å². The van der Waals surface area contributed by atoms with Crippen LogP contribution in [0.5, 0.6) is 5.88 Å². The highest BCUT2D eigenvalue weighted by molar-refractivity contribution is 6.35. The first kappa shape index (κ1) is 23.9. The molecule has 0 saturated carbocycles. The molecule has 2 unspecified atom stereocenters.